The van der Waals surface area contributed by atoms with Crippen molar-refractivity contribution in [3.05, 3.63) is 51.6 Å². The largest absolute Gasteiger partial charge is 0.496 e. The van der Waals surface area contributed by atoms with E-state index in [9.17, 15) is 38.4 Å². The monoisotopic (exact) mass is 624 g/mol. The molecule has 2 aromatic carbocycles. The molecular formula is C31H28O14. The van der Waals surface area contributed by atoms with Crippen molar-refractivity contribution < 1.29 is 66.8 Å². The molecule has 2 aliphatic rings. The number of ether oxygens (including phenoxy) is 6. The van der Waals surface area contributed by atoms with E-state index in [0.717, 1.165) is 34.6 Å². The van der Waals surface area contributed by atoms with Crippen molar-refractivity contribution in [3.8, 4) is 17.2 Å². The molecule has 0 aliphatic heterocycles. The Morgan fingerprint density at radius 3 is 1.96 bits per heavy atom. The predicted molar refractivity (Wildman–Crippen MR) is 148 cm³/mol. The summed E-state index contributed by atoms with van der Waals surface area (Å²) < 4.78 is 32.3. The number of ketones is 3. The van der Waals surface area contributed by atoms with Gasteiger partial charge >= 0.3 is 29.8 Å². The van der Waals surface area contributed by atoms with Crippen LogP contribution in [0, 0.1) is 0 Å². The summed E-state index contributed by atoms with van der Waals surface area (Å²) in [5.74, 6) is -8.13. The Hall–Kier alpha value is -5.40. The third kappa shape index (κ3) is 6.03. The van der Waals surface area contributed by atoms with E-state index in [1.807, 2.05) is 0 Å². The highest BCUT2D eigenvalue weighted by Gasteiger charge is 2.54. The van der Waals surface area contributed by atoms with Gasteiger partial charge in [0, 0.05) is 64.2 Å². The van der Waals surface area contributed by atoms with Crippen LogP contribution in [-0.2, 0) is 49.4 Å². The number of esters is 5. The summed E-state index contributed by atoms with van der Waals surface area (Å²) in [4.78, 5) is 103. The average Bonchev–Trinajstić information content (AvgIpc) is 2.93. The fourth-order valence-electron chi connectivity index (χ4n) is 5.59. The Labute approximate surface area is 255 Å². The lowest BCUT2D eigenvalue weighted by Crippen LogP contribution is -2.51. The van der Waals surface area contributed by atoms with Gasteiger partial charge in [0.1, 0.15) is 23.4 Å². The van der Waals surface area contributed by atoms with E-state index in [1.165, 1.54) is 25.3 Å². The van der Waals surface area contributed by atoms with Crippen molar-refractivity contribution in [2.24, 2.45) is 0 Å². The summed E-state index contributed by atoms with van der Waals surface area (Å²) >= 11 is 0. The first kappa shape index (κ1) is 32.5. The molecule has 4 rings (SSSR count). The summed E-state index contributed by atoms with van der Waals surface area (Å²) in [6.45, 7) is 4.28. The summed E-state index contributed by atoms with van der Waals surface area (Å²) in [6.07, 6.45) is -2.80. The zero-order chi connectivity index (χ0) is 33.4. The van der Waals surface area contributed by atoms with E-state index in [1.54, 1.807) is 0 Å². The van der Waals surface area contributed by atoms with E-state index >= 15 is 0 Å². The topological polar surface area (TPSA) is 192 Å². The van der Waals surface area contributed by atoms with Gasteiger partial charge < -0.3 is 28.4 Å². The SMILES string of the molecule is COc1cccc2c1C(=O)c1c(OC(C)=O)c3c(c(OC(C)=O)c1C2=O)CC(OC(C)=O)(C(=O)COC(C)=O)CC3OC(C)=O. The molecule has 0 radical (unpaired) electrons. The molecule has 2 aromatic rings. The van der Waals surface area contributed by atoms with Crippen LogP contribution in [0.2, 0.25) is 0 Å². The molecule has 14 heteroatoms. The van der Waals surface area contributed by atoms with E-state index in [0.29, 0.717) is 0 Å². The number of hydrogen-bond donors (Lipinski definition) is 0. The number of fused-ring (bicyclic) bond motifs is 3. The number of methoxy groups -OCH3 is 1. The van der Waals surface area contributed by atoms with Gasteiger partial charge in [-0.15, -0.1) is 0 Å². The molecule has 0 saturated heterocycles. The second-order valence-corrected chi connectivity index (χ2v) is 10.3. The van der Waals surface area contributed by atoms with E-state index in [4.69, 9.17) is 28.4 Å². The molecule has 236 valence electrons. The van der Waals surface area contributed by atoms with Crippen molar-refractivity contribution >= 4 is 47.2 Å². The second-order valence-electron chi connectivity index (χ2n) is 10.3. The van der Waals surface area contributed by atoms with E-state index < -0.39 is 101 Å². The summed E-state index contributed by atoms with van der Waals surface area (Å²) in [5, 5.41) is 0. The van der Waals surface area contributed by atoms with Gasteiger partial charge in [-0.2, -0.15) is 0 Å². The number of hydrogen-bond acceptors (Lipinski definition) is 14. The van der Waals surface area contributed by atoms with Gasteiger partial charge in [0.2, 0.25) is 11.6 Å². The van der Waals surface area contributed by atoms with Crippen LogP contribution in [0.4, 0.5) is 0 Å². The number of benzene rings is 2. The smallest absolute Gasteiger partial charge is 0.308 e. The third-order valence-electron chi connectivity index (χ3n) is 7.07. The molecule has 0 heterocycles. The van der Waals surface area contributed by atoms with Crippen LogP contribution in [-0.4, -0.2) is 66.5 Å². The minimum atomic E-state index is -2.20. The van der Waals surface area contributed by atoms with Crippen molar-refractivity contribution in [1.82, 2.24) is 0 Å². The normalized spacial score (nSPS) is 18.0. The van der Waals surface area contributed by atoms with Crippen LogP contribution >= 0.6 is 0 Å². The molecule has 0 saturated carbocycles. The van der Waals surface area contributed by atoms with Gasteiger partial charge in [0.15, 0.2) is 18.0 Å². The van der Waals surface area contributed by atoms with Gasteiger partial charge in [-0.3, -0.25) is 38.4 Å². The molecule has 2 aliphatic carbocycles. The summed E-state index contributed by atoms with van der Waals surface area (Å²) in [5.41, 5.74) is -3.85. The second kappa shape index (κ2) is 12.3. The molecule has 14 nitrogen and oxygen atoms in total. The first-order valence-electron chi connectivity index (χ1n) is 13.5. The quantitative estimate of drug-likeness (QED) is 0.201. The minimum absolute atomic E-state index is 0.0264. The van der Waals surface area contributed by atoms with Crippen molar-refractivity contribution in [1.29, 1.82) is 0 Å². The Morgan fingerprint density at radius 2 is 1.40 bits per heavy atom. The molecule has 0 bridgehead atoms. The molecule has 0 spiro atoms. The highest BCUT2D eigenvalue weighted by Crippen LogP contribution is 2.53. The van der Waals surface area contributed by atoms with Crippen molar-refractivity contribution in [3.63, 3.8) is 0 Å². The highest BCUT2D eigenvalue weighted by atomic mass is 16.6. The number of carbonyl (C=O) groups excluding carboxylic acids is 8. The zero-order valence-corrected chi connectivity index (χ0v) is 25.1. The van der Waals surface area contributed by atoms with Crippen LogP contribution in [0.15, 0.2) is 18.2 Å². The molecule has 0 amide bonds. The molecule has 2 atom stereocenters. The molecule has 0 N–H and O–H groups in total. The summed E-state index contributed by atoms with van der Waals surface area (Å²) in [6, 6.07) is 4.24. The molecule has 2 unspecified atom stereocenters. The lowest BCUT2D eigenvalue weighted by Gasteiger charge is -2.41. The maximum absolute atomic E-state index is 14.2. The lowest BCUT2D eigenvalue weighted by atomic mass is 9.71. The molecule has 0 aromatic heterocycles. The average molecular weight is 625 g/mol. The first-order chi connectivity index (χ1) is 21.1. The Kier molecular flexibility index (Phi) is 8.89. The number of carbonyl (C=O) groups is 8. The predicted octanol–water partition coefficient (Wildman–Crippen LogP) is 2.31. The van der Waals surface area contributed by atoms with Crippen LogP contribution in [0.5, 0.6) is 17.2 Å². The Morgan fingerprint density at radius 1 is 0.778 bits per heavy atom. The summed E-state index contributed by atoms with van der Waals surface area (Å²) in [7, 11) is 1.28. The first-order valence-corrected chi connectivity index (χ1v) is 13.5. The fourth-order valence-corrected chi connectivity index (χ4v) is 5.59. The number of rotatable bonds is 8. The standard InChI is InChI=1S/C31H28O14/c1-13(32)41-12-22(37)31(45-17(5)36)10-19-24(21(11-31)42-14(2)33)30(44-16(4)35)26-25(29(19)43-15(3)34)27(38)18-8-7-9-20(40-6)23(18)28(26)39/h7-9,21H,10-12H2,1-6H3. The third-order valence-corrected chi connectivity index (χ3v) is 7.07. The molecule has 0 fully saturated rings. The van der Waals surface area contributed by atoms with E-state index in [-0.39, 0.29) is 28.0 Å². The van der Waals surface area contributed by atoms with Crippen molar-refractivity contribution in [2.75, 3.05) is 13.7 Å². The zero-order valence-electron chi connectivity index (χ0n) is 25.1. The minimum Gasteiger partial charge on any atom is -0.496 e. The fraction of sp³-hybridized carbons (Fsp3) is 0.355. The van der Waals surface area contributed by atoms with Crippen LogP contribution in [0.3, 0.4) is 0 Å². The van der Waals surface area contributed by atoms with Crippen LogP contribution in [0.25, 0.3) is 0 Å². The molecule has 45 heavy (non-hydrogen) atoms. The lowest BCUT2D eigenvalue weighted by molar-refractivity contribution is -0.176. The van der Waals surface area contributed by atoms with Crippen LogP contribution in [0.1, 0.15) is 90.1 Å². The maximum atomic E-state index is 14.2. The van der Waals surface area contributed by atoms with Gasteiger partial charge in [0.05, 0.1) is 23.8 Å². The van der Waals surface area contributed by atoms with Gasteiger partial charge in [-0.1, -0.05) is 12.1 Å². The van der Waals surface area contributed by atoms with Crippen LogP contribution < -0.4 is 14.2 Å². The van der Waals surface area contributed by atoms with E-state index in [2.05, 4.69) is 0 Å². The molecular weight excluding hydrogens is 596 g/mol. The van der Waals surface area contributed by atoms with Gasteiger partial charge in [-0.25, -0.2) is 0 Å². The van der Waals surface area contributed by atoms with Crippen molar-refractivity contribution in [2.45, 2.75) is 59.2 Å². The highest BCUT2D eigenvalue weighted by molar-refractivity contribution is 6.31. The van der Waals surface area contributed by atoms with Gasteiger partial charge in [-0.05, 0) is 6.07 Å². The Balaban J connectivity index is 2.17. The Bertz CT molecular complexity index is 1700. The number of Topliss-reactive ketones (excluding diaryl/α,β-unsaturated/α-hetero) is 1. The maximum Gasteiger partial charge on any atom is 0.308 e. The van der Waals surface area contributed by atoms with Gasteiger partial charge in [0.25, 0.3) is 0 Å².